The average molecular weight is 207 g/mol. The van der Waals surface area contributed by atoms with Crippen molar-refractivity contribution in [3.05, 3.63) is 0 Å². The molecule has 1 saturated heterocycles. The average Bonchev–Trinajstić information content (AvgIpc) is 2.26. The molecule has 1 fully saturated rings. The Morgan fingerprint density at radius 1 is 1.69 bits per heavy atom. The molecule has 1 aliphatic rings. The molecule has 6 heteroatoms. The minimum atomic E-state index is -1.30. The Balaban J connectivity index is 2.59. The molecule has 0 aliphatic carbocycles. The van der Waals surface area contributed by atoms with Crippen LogP contribution in [0.4, 0.5) is 4.79 Å². The zero-order valence-corrected chi connectivity index (χ0v) is 8.30. The van der Waals surface area contributed by atoms with Crippen molar-refractivity contribution in [1.29, 1.82) is 0 Å². The van der Waals surface area contributed by atoms with E-state index in [1.54, 1.807) is 0 Å². The van der Waals surface area contributed by atoms with Gasteiger partial charge in [0.2, 0.25) is 0 Å². The lowest BCUT2D eigenvalue weighted by Gasteiger charge is -2.23. The Bertz CT molecular complexity index is 209. The van der Waals surface area contributed by atoms with Crippen LogP contribution >= 0.6 is 11.8 Å². The van der Waals surface area contributed by atoms with Gasteiger partial charge in [-0.15, -0.1) is 11.8 Å². The highest BCUT2D eigenvalue weighted by Gasteiger charge is 2.43. The van der Waals surface area contributed by atoms with E-state index in [0.29, 0.717) is 0 Å². The first-order valence-corrected chi connectivity index (χ1v) is 4.78. The summed E-state index contributed by atoms with van der Waals surface area (Å²) in [6, 6.07) is 0. The zero-order chi connectivity index (χ0) is 10.1. The fraction of sp³-hybridized carbons (Fsp3) is 0.857. The van der Waals surface area contributed by atoms with Crippen LogP contribution in [0, 0.1) is 0 Å². The van der Waals surface area contributed by atoms with Gasteiger partial charge in [-0.25, -0.2) is 4.79 Å². The minimum Gasteiger partial charge on any atom is -0.450 e. The lowest BCUT2D eigenvalue weighted by Crippen LogP contribution is -2.42. The highest BCUT2D eigenvalue weighted by atomic mass is 32.2. The number of carbonyl (C=O) groups is 1. The number of ether oxygens (including phenoxy) is 1. The summed E-state index contributed by atoms with van der Waals surface area (Å²) in [5.74, 6) is 0. The maximum atomic E-state index is 10.3. The quantitative estimate of drug-likeness (QED) is 0.570. The second-order valence-corrected chi connectivity index (χ2v) is 5.18. The number of nitrogens with one attached hydrogen (secondary N) is 1. The highest BCUT2D eigenvalue weighted by Crippen LogP contribution is 2.37. The van der Waals surface area contributed by atoms with Crippen LogP contribution in [0.3, 0.4) is 0 Å². The second kappa shape index (κ2) is 3.73. The number of aliphatic hydroxyl groups is 1. The van der Waals surface area contributed by atoms with Crippen molar-refractivity contribution in [3.8, 4) is 0 Å². The number of aliphatic hydroxyl groups excluding tert-OH is 1. The molecule has 0 aromatic rings. The van der Waals surface area contributed by atoms with Crippen molar-refractivity contribution in [2.24, 2.45) is 0 Å². The van der Waals surface area contributed by atoms with E-state index in [9.17, 15) is 4.79 Å². The van der Waals surface area contributed by atoms with Crippen LogP contribution in [-0.2, 0) is 4.74 Å². The van der Waals surface area contributed by atoms with Crippen molar-refractivity contribution in [1.82, 2.24) is 5.32 Å². The second-order valence-electron chi connectivity index (χ2n) is 3.32. The fourth-order valence-electron chi connectivity index (χ4n) is 1.20. The topological polar surface area (TPSA) is 78.8 Å². The fourth-order valence-corrected chi connectivity index (χ4v) is 2.44. The Kier molecular flexibility index (Phi) is 3.05. The molecule has 13 heavy (non-hydrogen) atoms. The lowest BCUT2D eigenvalue weighted by molar-refractivity contribution is 0.0255. The Morgan fingerprint density at radius 2 is 2.31 bits per heavy atom. The smallest absolute Gasteiger partial charge is 0.450 e. The van der Waals surface area contributed by atoms with Crippen molar-refractivity contribution in [3.63, 3.8) is 0 Å². The molecular weight excluding hydrogens is 194 g/mol. The summed E-state index contributed by atoms with van der Waals surface area (Å²) in [6.07, 6.45) is -1.86. The summed E-state index contributed by atoms with van der Waals surface area (Å²) >= 11 is 1.47. The molecule has 1 aliphatic heterocycles. The summed E-state index contributed by atoms with van der Waals surface area (Å²) < 4.78 is 4.29. The van der Waals surface area contributed by atoms with Crippen LogP contribution < -0.4 is 5.32 Å². The van der Waals surface area contributed by atoms with Crippen LogP contribution in [0.1, 0.15) is 13.8 Å². The first-order valence-electron chi connectivity index (χ1n) is 3.90. The molecule has 0 aromatic carbocycles. The van der Waals surface area contributed by atoms with Crippen LogP contribution in [-0.4, -0.2) is 39.3 Å². The third kappa shape index (κ3) is 2.49. The molecule has 0 bridgehead atoms. The van der Waals surface area contributed by atoms with Crippen molar-refractivity contribution in [2.45, 2.75) is 30.2 Å². The SMILES string of the molecule is CC1(C)SC(CO)N[C@H]1OC(=O)O. The molecule has 0 radical (unpaired) electrons. The van der Waals surface area contributed by atoms with E-state index >= 15 is 0 Å². The number of hydrogen-bond acceptors (Lipinski definition) is 5. The summed E-state index contributed by atoms with van der Waals surface area (Å²) in [6.45, 7) is 3.70. The van der Waals surface area contributed by atoms with E-state index in [4.69, 9.17) is 10.2 Å². The third-order valence-electron chi connectivity index (χ3n) is 1.80. The largest absolute Gasteiger partial charge is 0.507 e. The molecule has 1 unspecified atom stereocenters. The highest BCUT2D eigenvalue weighted by molar-refractivity contribution is 8.01. The minimum absolute atomic E-state index is 0.0342. The van der Waals surface area contributed by atoms with Crippen LogP contribution in [0.15, 0.2) is 0 Å². The molecule has 0 aromatic heterocycles. The van der Waals surface area contributed by atoms with Gasteiger partial charge in [0.15, 0.2) is 6.23 Å². The predicted molar refractivity (Wildman–Crippen MR) is 48.6 cm³/mol. The maximum absolute atomic E-state index is 10.3. The van der Waals surface area contributed by atoms with Gasteiger partial charge in [0, 0.05) is 0 Å². The van der Waals surface area contributed by atoms with Crippen LogP contribution in [0.5, 0.6) is 0 Å². The van der Waals surface area contributed by atoms with Crippen molar-refractivity contribution < 1.29 is 19.7 Å². The first kappa shape index (κ1) is 10.6. The molecule has 76 valence electrons. The monoisotopic (exact) mass is 207 g/mol. The summed E-state index contributed by atoms with van der Waals surface area (Å²) in [7, 11) is 0. The summed E-state index contributed by atoms with van der Waals surface area (Å²) in [5, 5.41) is 20.0. The van der Waals surface area contributed by atoms with Gasteiger partial charge in [-0.1, -0.05) is 0 Å². The molecule has 0 amide bonds. The molecule has 1 rings (SSSR count). The van der Waals surface area contributed by atoms with Crippen LogP contribution in [0.25, 0.3) is 0 Å². The normalized spacial score (nSPS) is 31.6. The Hall–Kier alpha value is -0.460. The van der Waals surface area contributed by atoms with Crippen molar-refractivity contribution >= 4 is 17.9 Å². The van der Waals surface area contributed by atoms with E-state index in [1.165, 1.54) is 11.8 Å². The number of rotatable bonds is 2. The number of carboxylic acid groups (broad SMARTS) is 1. The number of hydrogen-bond donors (Lipinski definition) is 3. The number of thioether (sulfide) groups is 1. The van der Waals surface area contributed by atoms with Gasteiger partial charge >= 0.3 is 6.16 Å². The Labute approximate surface area is 80.5 Å². The molecule has 1 heterocycles. The zero-order valence-electron chi connectivity index (χ0n) is 7.48. The van der Waals surface area contributed by atoms with Gasteiger partial charge in [0.25, 0.3) is 0 Å². The van der Waals surface area contributed by atoms with Gasteiger partial charge in [-0.05, 0) is 13.8 Å². The van der Waals surface area contributed by atoms with Crippen LogP contribution in [0.2, 0.25) is 0 Å². The van der Waals surface area contributed by atoms with E-state index in [0.717, 1.165) is 0 Å². The molecule has 0 saturated carbocycles. The lowest BCUT2D eigenvalue weighted by atomic mass is 10.2. The Morgan fingerprint density at radius 3 is 2.69 bits per heavy atom. The molecule has 5 nitrogen and oxygen atoms in total. The molecular formula is C7H13NO4S. The first-order chi connectivity index (χ1) is 5.95. The molecule has 2 atom stereocenters. The van der Waals surface area contributed by atoms with Gasteiger partial charge in [-0.3, -0.25) is 5.32 Å². The van der Waals surface area contributed by atoms with E-state index < -0.39 is 12.4 Å². The third-order valence-corrected chi connectivity index (χ3v) is 3.19. The van der Waals surface area contributed by atoms with E-state index in [2.05, 4.69) is 10.1 Å². The summed E-state index contributed by atoms with van der Waals surface area (Å²) in [5.41, 5.74) is 0. The van der Waals surface area contributed by atoms with Crippen molar-refractivity contribution in [2.75, 3.05) is 6.61 Å². The maximum Gasteiger partial charge on any atom is 0.507 e. The van der Waals surface area contributed by atoms with E-state index in [-0.39, 0.29) is 16.7 Å². The van der Waals surface area contributed by atoms with Gasteiger partial charge < -0.3 is 14.9 Å². The van der Waals surface area contributed by atoms with Gasteiger partial charge in [-0.2, -0.15) is 0 Å². The van der Waals surface area contributed by atoms with Gasteiger partial charge in [0.1, 0.15) is 0 Å². The predicted octanol–water partition coefficient (Wildman–Crippen LogP) is 0.441. The molecule has 3 N–H and O–H groups in total. The summed E-state index contributed by atoms with van der Waals surface area (Å²) in [4.78, 5) is 10.3. The van der Waals surface area contributed by atoms with E-state index in [1.807, 2.05) is 13.8 Å². The van der Waals surface area contributed by atoms with Gasteiger partial charge in [0.05, 0.1) is 16.7 Å². The molecule has 0 spiro atoms. The standard InChI is InChI=1S/C7H13NO4S/c1-7(2)5(12-6(10)11)8-4(3-9)13-7/h4-5,8-9H,3H2,1-2H3,(H,10,11)/t4?,5-/m0/s1.